The molecule has 0 amide bonds. The minimum absolute atomic E-state index is 0.262. The van der Waals surface area contributed by atoms with Crippen molar-refractivity contribution in [3.63, 3.8) is 0 Å². The molecule has 94 valence electrons. The van der Waals surface area contributed by atoms with E-state index in [0.717, 1.165) is 21.5 Å². The van der Waals surface area contributed by atoms with Gasteiger partial charge in [-0.05, 0) is 36.4 Å². The Hall–Kier alpha value is -1.68. The van der Waals surface area contributed by atoms with Crippen LogP contribution in [0.5, 0.6) is 11.5 Å². The Labute approximate surface area is 115 Å². The van der Waals surface area contributed by atoms with E-state index >= 15 is 0 Å². The van der Waals surface area contributed by atoms with Crippen molar-refractivity contribution < 1.29 is 9.84 Å². The van der Waals surface area contributed by atoms with Gasteiger partial charge in [0, 0.05) is 22.3 Å². The lowest BCUT2D eigenvalue weighted by molar-refractivity contribution is 0.411. The standard InChI is InChI=1S/C14H14BrNO2/c1-18-13-5-6-14(17)10(7-13)9-16-12-4-2-3-11(15)8-12/h2-8,16-17H,9H2,1H3. The molecule has 0 fully saturated rings. The number of methoxy groups -OCH3 is 1. The van der Waals surface area contributed by atoms with Gasteiger partial charge in [-0.25, -0.2) is 0 Å². The summed E-state index contributed by atoms with van der Waals surface area (Å²) in [7, 11) is 1.61. The molecule has 0 saturated carbocycles. The number of phenolic OH excluding ortho intramolecular Hbond substituents is 1. The molecule has 2 rings (SSSR count). The molecular formula is C14H14BrNO2. The molecule has 0 bridgehead atoms. The number of aromatic hydroxyl groups is 1. The van der Waals surface area contributed by atoms with Crippen molar-refractivity contribution in [3.8, 4) is 11.5 Å². The fraction of sp³-hybridized carbons (Fsp3) is 0.143. The maximum atomic E-state index is 9.76. The zero-order valence-electron chi connectivity index (χ0n) is 9.98. The minimum atomic E-state index is 0.262. The maximum absolute atomic E-state index is 9.76. The average Bonchev–Trinajstić information content (AvgIpc) is 2.38. The maximum Gasteiger partial charge on any atom is 0.120 e. The highest BCUT2D eigenvalue weighted by molar-refractivity contribution is 9.10. The van der Waals surface area contributed by atoms with E-state index in [4.69, 9.17) is 4.74 Å². The van der Waals surface area contributed by atoms with Gasteiger partial charge in [0.1, 0.15) is 11.5 Å². The van der Waals surface area contributed by atoms with E-state index in [1.165, 1.54) is 0 Å². The smallest absolute Gasteiger partial charge is 0.120 e. The second-order valence-electron chi connectivity index (χ2n) is 3.86. The van der Waals surface area contributed by atoms with Crippen LogP contribution in [0.25, 0.3) is 0 Å². The fourth-order valence-electron chi connectivity index (χ4n) is 1.63. The molecule has 0 heterocycles. The fourth-order valence-corrected chi connectivity index (χ4v) is 2.03. The third-order valence-corrected chi connectivity index (χ3v) is 3.09. The van der Waals surface area contributed by atoms with E-state index < -0.39 is 0 Å². The summed E-state index contributed by atoms with van der Waals surface area (Å²) in [6, 6.07) is 13.1. The van der Waals surface area contributed by atoms with Gasteiger partial charge >= 0.3 is 0 Å². The highest BCUT2D eigenvalue weighted by Crippen LogP contribution is 2.24. The molecule has 0 saturated heterocycles. The number of halogens is 1. The predicted octanol–water partition coefficient (Wildman–Crippen LogP) is 3.78. The van der Waals surface area contributed by atoms with E-state index in [9.17, 15) is 5.11 Å². The summed E-state index contributed by atoms with van der Waals surface area (Å²) in [5, 5.41) is 13.0. The van der Waals surface area contributed by atoms with Crippen LogP contribution in [0.15, 0.2) is 46.9 Å². The number of nitrogens with one attached hydrogen (secondary N) is 1. The van der Waals surface area contributed by atoms with Gasteiger partial charge in [0.25, 0.3) is 0 Å². The summed E-state index contributed by atoms with van der Waals surface area (Å²) >= 11 is 3.42. The van der Waals surface area contributed by atoms with Crippen LogP contribution < -0.4 is 10.1 Å². The van der Waals surface area contributed by atoms with E-state index in [1.807, 2.05) is 30.3 Å². The molecule has 2 aromatic carbocycles. The number of ether oxygens (including phenoxy) is 1. The average molecular weight is 308 g/mol. The highest BCUT2D eigenvalue weighted by Gasteiger charge is 2.03. The SMILES string of the molecule is COc1ccc(O)c(CNc2cccc(Br)c2)c1. The summed E-state index contributed by atoms with van der Waals surface area (Å²) in [4.78, 5) is 0. The largest absolute Gasteiger partial charge is 0.508 e. The van der Waals surface area contributed by atoms with E-state index in [1.54, 1.807) is 19.2 Å². The van der Waals surface area contributed by atoms with E-state index in [0.29, 0.717) is 6.54 Å². The quantitative estimate of drug-likeness (QED) is 0.903. The third kappa shape index (κ3) is 3.17. The Kier molecular flexibility index (Phi) is 4.10. The van der Waals surface area contributed by atoms with Crippen molar-refractivity contribution in [3.05, 3.63) is 52.5 Å². The third-order valence-electron chi connectivity index (χ3n) is 2.59. The van der Waals surface area contributed by atoms with Crippen molar-refractivity contribution in [2.75, 3.05) is 12.4 Å². The number of phenols is 1. The first-order valence-corrected chi connectivity index (χ1v) is 6.33. The monoisotopic (exact) mass is 307 g/mol. The van der Waals surface area contributed by atoms with Crippen LogP contribution in [-0.4, -0.2) is 12.2 Å². The molecule has 0 aliphatic heterocycles. The van der Waals surface area contributed by atoms with Crippen LogP contribution in [0.1, 0.15) is 5.56 Å². The van der Waals surface area contributed by atoms with Crippen LogP contribution in [0.4, 0.5) is 5.69 Å². The molecule has 0 unspecified atom stereocenters. The lowest BCUT2D eigenvalue weighted by atomic mass is 10.2. The Morgan fingerprint density at radius 3 is 2.78 bits per heavy atom. The summed E-state index contributed by atoms with van der Waals surface area (Å²) in [5.41, 5.74) is 1.79. The molecule has 0 aliphatic carbocycles. The van der Waals surface area contributed by atoms with Crippen molar-refractivity contribution in [1.82, 2.24) is 0 Å². The normalized spacial score (nSPS) is 10.1. The molecule has 0 radical (unpaired) electrons. The van der Waals surface area contributed by atoms with Gasteiger partial charge < -0.3 is 15.2 Å². The molecule has 4 heteroatoms. The summed E-state index contributed by atoms with van der Waals surface area (Å²) in [6.07, 6.45) is 0. The van der Waals surface area contributed by atoms with Gasteiger partial charge in [0.2, 0.25) is 0 Å². The molecule has 0 spiro atoms. The zero-order chi connectivity index (χ0) is 13.0. The van der Waals surface area contributed by atoms with Gasteiger partial charge in [-0.3, -0.25) is 0 Å². The number of rotatable bonds is 4. The molecule has 0 aliphatic rings. The lowest BCUT2D eigenvalue weighted by Crippen LogP contribution is -2.00. The van der Waals surface area contributed by atoms with Crippen LogP contribution in [0, 0.1) is 0 Å². The number of benzene rings is 2. The molecule has 2 aromatic rings. The highest BCUT2D eigenvalue weighted by atomic mass is 79.9. The van der Waals surface area contributed by atoms with Gasteiger partial charge in [-0.1, -0.05) is 22.0 Å². The lowest BCUT2D eigenvalue weighted by Gasteiger charge is -2.10. The zero-order valence-corrected chi connectivity index (χ0v) is 11.6. The number of hydrogen-bond acceptors (Lipinski definition) is 3. The first-order valence-electron chi connectivity index (χ1n) is 5.54. The Bertz CT molecular complexity index is 543. The molecule has 2 N–H and O–H groups in total. The van der Waals surface area contributed by atoms with E-state index in [2.05, 4.69) is 21.2 Å². The molecule has 3 nitrogen and oxygen atoms in total. The number of anilines is 1. The first kappa shape index (κ1) is 12.8. The van der Waals surface area contributed by atoms with Gasteiger partial charge in [0.15, 0.2) is 0 Å². The van der Waals surface area contributed by atoms with Crippen molar-refractivity contribution in [2.24, 2.45) is 0 Å². The topological polar surface area (TPSA) is 41.5 Å². The van der Waals surface area contributed by atoms with Crippen LogP contribution in [0.2, 0.25) is 0 Å². The predicted molar refractivity (Wildman–Crippen MR) is 76.1 cm³/mol. The number of hydrogen-bond donors (Lipinski definition) is 2. The first-order chi connectivity index (χ1) is 8.69. The van der Waals surface area contributed by atoms with Crippen molar-refractivity contribution >= 4 is 21.6 Å². The molecule has 0 aromatic heterocycles. The van der Waals surface area contributed by atoms with Crippen molar-refractivity contribution in [1.29, 1.82) is 0 Å². The summed E-state index contributed by atoms with van der Waals surface area (Å²) < 4.78 is 6.15. The molecule has 0 atom stereocenters. The van der Waals surface area contributed by atoms with Gasteiger partial charge in [-0.15, -0.1) is 0 Å². The van der Waals surface area contributed by atoms with Crippen LogP contribution in [-0.2, 0) is 6.54 Å². The minimum Gasteiger partial charge on any atom is -0.508 e. The Balaban J connectivity index is 2.10. The van der Waals surface area contributed by atoms with Crippen LogP contribution >= 0.6 is 15.9 Å². The summed E-state index contributed by atoms with van der Waals surface area (Å²) in [6.45, 7) is 0.541. The van der Waals surface area contributed by atoms with Crippen molar-refractivity contribution in [2.45, 2.75) is 6.54 Å². The molecule has 18 heavy (non-hydrogen) atoms. The van der Waals surface area contributed by atoms with Gasteiger partial charge in [0.05, 0.1) is 7.11 Å². The second-order valence-corrected chi connectivity index (χ2v) is 4.77. The summed E-state index contributed by atoms with van der Waals surface area (Å²) in [5.74, 6) is 0.997. The Morgan fingerprint density at radius 2 is 2.06 bits per heavy atom. The van der Waals surface area contributed by atoms with Gasteiger partial charge in [-0.2, -0.15) is 0 Å². The van der Waals surface area contributed by atoms with Crippen LogP contribution in [0.3, 0.4) is 0 Å². The molecular weight excluding hydrogens is 294 g/mol. The van der Waals surface area contributed by atoms with E-state index in [-0.39, 0.29) is 5.75 Å². The Morgan fingerprint density at radius 1 is 1.22 bits per heavy atom. The second kappa shape index (κ2) is 5.78.